The lowest BCUT2D eigenvalue weighted by atomic mass is 10.1. The molecule has 3 rings (SSSR count). The molecule has 1 aromatic rings. The number of nitrogens with one attached hydrogen (secondary N) is 1. The predicted molar refractivity (Wildman–Crippen MR) is 112 cm³/mol. The molecule has 8 heteroatoms. The van der Waals surface area contributed by atoms with Crippen molar-refractivity contribution in [3.63, 3.8) is 0 Å². The molecular formula is C17H24Cl2IN3O2. The van der Waals surface area contributed by atoms with Crippen molar-refractivity contribution in [1.82, 2.24) is 10.2 Å². The van der Waals surface area contributed by atoms with Crippen LogP contribution in [-0.4, -0.2) is 56.4 Å². The molecule has 1 aromatic carbocycles. The largest absolute Gasteiger partial charge is 0.375 e. The highest BCUT2D eigenvalue weighted by Crippen LogP contribution is 2.22. The van der Waals surface area contributed by atoms with Crippen molar-refractivity contribution in [1.29, 1.82) is 0 Å². The van der Waals surface area contributed by atoms with Crippen molar-refractivity contribution in [3.8, 4) is 0 Å². The molecule has 0 amide bonds. The Morgan fingerprint density at radius 1 is 1.28 bits per heavy atom. The summed E-state index contributed by atoms with van der Waals surface area (Å²) in [6, 6.07) is 5.53. The lowest BCUT2D eigenvalue weighted by Gasteiger charge is -2.37. The maximum absolute atomic E-state index is 6.24. The van der Waals surface area contributed by atoms with Crippen molar-refractivity contribution in [3.05, 3.63) is 33.8 Å². The van der Waals surface area contributed by atoms with Gasteiger partial charge in [-0.1, -0.05) is 29.3 Å². The zero-order valence-electron chi connectivity index (χ0n) is 14.2. The highest BCUT2D eigenvalue weighted by Gasteiger charge is 2.32. The number of ether oxygens (including phenoxy) is 2. The molecule has 140 valence electrons. The molecule has 2 aliphatic rings. The molecule has 5 nitrogen and oxygen atoms in total. The van der Waals surface area contributed by atoms with Gasteiger partial charge in [0.1, 0.15) is 6.10 Å². The number of halogens is 3. The molecule has 0 saturated carbocycles. The number of rotatable bonds is 3. The molecule has 25 heavy (non-hydrogen) atoms. The van der Waals surface area contributed by atoms with Crippen LogP contribution in [0, 0.1) is 0 Å². The zero-order valence-corrected chi connectivity index (χ0v) is 18.1. The van der Waals surface area contributed by atoms with Gasteiger partial charge in [0.25, 0.3) is 0 Å². The summed E-state index contributed by atoms with van der Waals surface area (Å²) in [6.07, 6.45) is 2.51. The van der Waals surface area contributed by atoms with Crippen LogP contribution in [0.15, 0.2) is 23.2 Å². The molecule has 2 heterocycles. The van der Waals surface area contributed by atoms with E-state index in [1.54, 1.807) is 13.1 Å². The van der Waals surface area contributed by atoms with Gasteiger partial charge >= 0.3 is 0 Å². The van der Waals surface area contributed by atoms with Crippen LogP contribution in [0.5, 0.6) is 0 Å². The number of morpholine rings is 1. The van der Waals surface area contributed by atoms with E-state index in [0.717, 1.165) is 44.1 Å². The molecule has 0 bridgehead atoms. The minimum Gasteiger partial charge on any atom is -0.375 e. The smallest absolute Gasteiger partial charge is 0.194 e. The number of benzene rings is 1. The Morgan fingerprint density at radius 2 is 2.08 bits per heavy atom. The van der Waals surface area contributed by atoms with E-state index in [1.807, 2.05) is 12.1 Å². The molecule has 2 unspecified atom stereocenters. The van der Waals surface area contributed by atoms with Crippen molar-refractivity contribution < 1.29 is 9.47 Å². The topological polar surface area (TPSA) is 46.1 Å². The lowest BCUT2D eigenvalue weighted by Crippen LogP contribution is -2.53. The average molecular weight is 500 g/mol. The van der Waals surface area contributed by atoms with Gasteiger partial charge in [0.2, 0.25) is 0 Å². The van der Waals surface area contributed by atoms with Gasteiger partial charge in [0, 0.05) is 43.3 Å². The summed E-state index contributed by atoms with van der Waals surface area (Å²) in [7, 11) is 1.79. The van der Waals surface area contributed by atoms with E-state index in [1.165, 1.54) is 0 Å². The maximum atomic E-state index is 6.24. The summed E-state index contributed by atoms with van der Waals surface area (Å²) in [5, 5.41) is 4.68. The van der Waals surface area contributed by atoms with Crippen molar-refractivity contribution >= 4 is 53.1 Å². The van der Waals surface area contributed by atoms with Crippen LogP contribution < -0.4 is 5.32 Å². The first kappa shape index (κ1) is 21.0. The monoisotopic (exact) mass is 499 g/mol. The summed E-state index contributed by atoms with van der Waals surface area (Å²) in [6.45, 7) is 3.74. The maximum Gasteiger partial charge on any atom is 0.194 e. The highest BCUT2D eigenvalue weighted by molar-refractivity contribution is 14.0. The van der Waals surface area contributed by atoms with Gasteiger partial charge < -0.3 is 19.7 Å². The average Bonchev–Trinajstić information content (AvgIpc) is 3.12. The van der Waals surface area contributed by atoms with Gasteiger partial charge in [0.05, 0.1) is 12.7 Å². The first-order valence-corrected chi connectivity index (χ1v) is 9.05. The van der Waals surface area contributed by atoms with Crippen LogP contribution in [0.3, 0.4) is 0 Å². The third-order valence-corrected chi connectivity index (χ3v) is 5.02. The fourth-order valence-electron chi connectivity index (χ4n) is 3.16. The Labute approximate surface area is 176 Å². The van der Waals surface area contributed by atoms with Crippen LogP contribution in [-0.2, 0) is 16.0 Å². The summed E-state index contributed by atoms with van der Waals surface area (Å²) < 4.78 is 11.7. The second-order valence-electron chi connectivity index (χ2n) is 6.04. The SMILES string of the molecule is CN=C(NCc1ccc(Cl)cc1Cl)N1CCOC(C2CCCO2)C1.I. The van der Waals surface area contributed by atoms with Crippen LogP contribution in [0.25, 0.3) is 0 Å². The number of aliphatic imine (C=N–C) groups is 1. The minimum absolute atomic E-state index is 0. The van der Waals surface area contributed by atoms with Crippen LogP contribution in [0.1, 0.15) is 18.4 Å². The molecule has 1 N–H and O–H groups in total. The van der Waals surface area contributed by atoms with Crippen LogP contribution in [0.4, 0.5) is 0 Å². The Balaban J connectivity index is 0.00000225. The fraction of sp³-hybridized carbons (Fsp3) is 0.588. The second-order valence-corrected chi connectivity index (χ2v) is 6.89. The van der Waals surface area contributed by atoms with E-state index >= 15 is 0 Å². The third kappa shape index (κ3) is 5.60. The second kappa shape index (κ2) is 10.2. The van der Waals surface area contributed by atoms with E-state index in [0.29, 0.717) is 23.2 Å². The third-order valence-electron chi connectivity index (χ3n) is 4.44. The van der Waals surface area contributed by atoms with E-state index in [9.17, 15) is 0 Å². The molecule has 2 atom stereocenters. The summed E-state index contributed by atoms with van der Waals surface area (Å²) in [5.74, 6) is 0.854. The van der Waals surface area contributed by atoms with Gasteiger partial charge in [-0.25, -0.2) is 0 Å². The predicted octanol–water partition coefficient (Wildman–Crippen LogP) is 3.57. The molecule has 2 aliphatic heterocycles. The van der Waals surface area contributed by atoms with Crippen LogP contribution in [0.2, 0.25) is 10.0 Å². The number of nitrogens with zero attached hydrogens (tertiary/aromatic N) is 2. The summed E-state index contributed by atoms with van der Waals surface area (Å²) in [5.41, 5.74) is 0.992. The normalized spacial score (nSPS) is 24.1. The van der Waals surface area contributed by atoms with E-state index in [2.05, 4.69) is 15.2 Å². The number of hydrogen-bond donors (Lipinski definition) is 1. The van der Waals surface area contributed by atoms with Gasteiger partial charge in [-0.15, -0.1) is 24.0 Å². The first-order chi connectivity index (χ1) is 11.7. The van der Waals surface area contributed by atoms with E-state index in [4.69, 9.17) is 32.7 Å². The summed E-state index contributed by atoms with van der Waals surface area (Å²) >= 11 is 12.2. The number of guanidine groups is 1. The minimum atomic E-state index is 0. The standard InChI is InChI=1S/C17H23Cl2N3O2.HI/c1-20-17(21-10-12-4-5-13(18)9-14(12)19)22-6-8-24-16(11-22)15-3-2-7-23-15;/h4-5,9,15-16H,2-3,6-8,10-11H2,1H3,(H,20,21);1H. The highest BCUT2D eigenvalue weighted by atomic mass is 127. The van der Waals surface area contributed by atoms with E-state index in [-0.39, 0.29) is 36.2 Å². The molecular weight excluding hydrogens is 476 g/mol. The fourth-order valence-corrected chi connectivity index (χ4v) is 3.64. The lowest BCUT2D eigenvalue weighted by molar-refractivity contribution is -0.0817. The number of hydrogen-bond acceptors (Lipinski definition) is 3. The zero-order chi connectivity index (χ0) is 16.9. The Morgan fingerprint density at radius 3 is 2.76 bits per heavy atom. The van der Waals surface area contributed by atoms with Gasteiger partial charge in [-0.05, 0) is 30.5 Å². The molecule has 0 spiro atoms. The quantitative estimate of drug-likeness (QED) is 0.392. The van der Waals surface area contributed by atoms with Gasteiger partial charge in [-0.3, -0.25) is 4.99 Å². The Hall–Kier alpha value is -0.280. The molecule has 0 radical (unpaired) electrons. The van der Waals surface area contributed by atoms with Crippen molar-refractivity contribution in [2.45, 2.75) is 31.6 Å². The van der Waals surface area contributed by atoms with E-state index < -0.39 is 0 Å². The Bertz CT molecular complexity index is 597. The molecule has 2 fully saturated rings. The molecule has 0 aromatic heterocycles. The Kier molecular flexibility index (Phi) is 8.54. The first-order valence-electron chi connectivity index (χ1n) is 8.30. The van der Waals surface area contributed by atoms with Gasteiger partial charge in [0.15, 0.2) is 5.96 Å². The molecule has 2 saturated heterocycles. The van der Waals surface area contributed by atoms with Crippen molar-refractivity contribution in [2.24, 2.45) is 4.99 Å². The summed E-state index contributed by atoms with van der Waals surface area (Å²) in [4.78, 5) is 6.62. The van der Waals surface area contributed by atoms with Gasteiger partial charge in [-0.2, -0.15) is 0 Å². The molecule has 0 aliphatic carbocycles. The van der Waals surface area contributed by atoms with Crippen molar-refractivity contribution in [2.75, 3.05) is 33.4 Å². The van der Waals surface area contributed by atoms with Crippen LogP contribution >= 0.6 is 47.2 Å².